The van der Waals surface area contributed by atoms with E-state index in [1.165, 1.54) is 29.2 Å². The minimum atomic E-state index is -0.445. The van der Waals surface area contributed by atoms with Crippen molar-refractivity contribution in [3.05, 3.63) is 93.5 Å². The SMILES string of the molecule is CC(=O)ON=C(c1ccc2c(c1)C(C)(C)c1cc(Cl)ccc1-2)c1ccccc1C. The van der Waals surface area contributed by atoms with Gasteiger partial charge in [-0.2, -0.15) is 0 Å². The van der Waals surface area contributed by atoms with Crippen molar-refractivity contribution in [1.82, 2.24) is 0 Å². The second-order valence-corrected chi connectivity index (χ2v) is 8.35. The Balaban J connectivity index is 1.89. The van der Waals surface area contributed by atoms with Gasteiger partial charge < -0.3 is 4.84 Å². The van der Waals surface area contributed by atoms with Gasteiger partial charge in [0, 0.05) is 28.5 Å². The molecule has 0 aromatic heterocycles. The molecule has 0 aliphatic heterocycles. The Labute approximate surface area is 176 Å². The normalized spacial score (nSPS) is 14.3. The molecule has 0 saturated carbocycles. The molecular formula is C25H22ClNO2. The number of aryl methyl sites for hydroxylation is 1. The summed E-state index contributed by atoms with van der Waals surface area (Å²) in [6.45, 7) is 7.78. The van der Waals surface area contributed by atoms with Crippen LogP contribution in [0.15, 0.2) is 65.8 Å². The Morgan fingerprint density at radius 1 is 0.966 bits per heavy atom. The average molecular weight is 404 g/mol. The van der Waals surface area contributed by atoms with Gasteiger partial charge >= 0.3 is 5.97 Å². The topological polar surface area (TPSA) is 38.7 Å². The van der Waals surface area contributed by atoms with Gasteiger partial charge in [0.15, 0.2) is 0 Å². The summed E-state index contributed by atoms with van der Waals surface area (Å²) in [6.07, 6.45) is 0. The van der Waals surface area contributed by atoms with Crippen LogP contribution < -0.4 is 0 Å². The van der Waals surface area contributed by atoms with E-state index in [-0.39, 0.29) is 5.41 Å². The minimum Gasteiger partial charge on any atom is -0.318 e. The van der Waals surface area contributed by atoms with Crippen LogP contribution in [0.3, 0.4) is 0 Å². The van der Waals surface area contributed by atoms with Crippen LogP contribution in [0.2, 0.25) is 5.02 Å². The van der Waals surface area contributed by atoms with Crippen LogP contribution in [-0.4, -0.2) is 11.7 Å². The maximum Gasteiger partial charge on any atom is 0.332 e. The largest absolute Gasteiger partial charge is 0.332 e. The van der Waals surface area contributed by atoms with Crippen LogP contribution in [-0.2, 0) is 15.0 Å². The zero-order chi connectivity index (χ0) is 20.8. The maximum atomic E-state index is 11.4. The number of carbonyl (C=O) groups excluding carboxylic acids is 1. The van der Waals surface area contributed by atoms with E-state index >= 15 is 0 Å². The minimum absolute atomic E-state index is 0.191. The zero-order valence-electron chi connectivity index (χ0n) is 16.9. The van der Waals surface area contributed by atoms with Crippen molar-refractivity contribution >= 4 is 23.3 Å². The van der Waals surface area contributed by atoms with Crippen molar-refractivity contribution in [1.29, 1.82) is 0 Å². The Hall–Kier alpha value is -2.91. The Kier molecular flexibility index (Phi) is 4.79. The predicted molar refractivity (Wildman–Crippen MR) is 118 cm³/mol. The lowest BCUT2D eigenvalue weighted by Crippen LogP contribution is -2.16. The van der Waals surface area contributed by atoms with Crippen LogP contribution >= 0.6 is 11.6 Å². The summed E-state index contributed by atoms with van der Waals surface area (Å²) >= 11 is 6.28. The first-order valence-corrected chi connectivity index (χ1v) is 9.93. The maximum absolute atomic E-state index is 11.4. The van der Waals surface area contributed by atoms with Crippen LogP contribution in [0.5, 0.6) is 0 Å². The van der Waals surface area contributed by atoms with E-state index in [0.29, 0.717) is 5.71 Å². The number of halogens is 1. The van der Waals surface area contributed by atoms with E-state index < -0.39 is 5.97 Å². The smallest absolute Gasteiger partial charge is 0.318 e. The van der Waals surface area contributed by atoms with E-state index in [9.17, 15) is 4.79 Å². The lowest BCUT2D eigenvalue weighted by Gasteiger charge is -2.22. The number of benzene rings is 3. The van der Waals surface area contributed by atoms with Crippen molar-refractivity contribution in [2.45, 2.75) is 33.1 Å². The average Bonchev–Trinajstić information content (AvgIpc) is 2.90. The molecule has 0 fully saturated rings. The molecule has 4 rings (SSSR count). The Morgan fingerprint density at radius 3 is 2.31 bits per heavy atom. The molecule has 3 aromatic rings. The molecule has 0 bridgehead atoms. The van der Waals surface area contributed by atoms with Gasteiger partial charge in [0.05, 0.1) is 0 Å². The number of nitrogens with zero attached hydrogens (tertiary/aromatic N) is 1. The number of hydrogen-bond donors (Lipinski definition) is 0. The molecule has 0 saturated heterocycles. The molecule has 29 heavy (non-hydrogen) atoms. The number of carbonyl (C=O) groups is 1. The molecule has 4 heteroatoms. The third-order valence-corrected chi connectivity index (χ3v) is 5.81. The summed E-state index contributed by atoms with van der Waals surface area (Å²) in [7, 11) is 0. The molecule has 0 unspecified atom stereocenters. The lowest BCUT2D eigenvalue weighted by molar-refractivity contribution is -0.140. The first-order chi connectivity index (χ1) is 13.8. The summed E-state index contributed by atoms with van der Waals surface area (Å²) in [4.78, 5) is 16.5. The van der Waals surface area contributed by atoms with Crippen molar-refractivity contribution in [3.8, 4) is 11.1 Å². The second kappa shape index (κ2) is 7.16. The Morgan fingerprint density at radius 2 is 1.62 bits per heavy atom. The van der Waals surface area contributed by atoms with Gasteiger partial charge in [0.25, 0.3) is 0 Å². The molecule has 0 spiro atoms. The molecule has 3 nitrogen and oxygen atoms in total. The number of oxime groups is 1. The van der Waals surface area contributed by atoms with Crippen molar-refractivity contribution in [2.75, 3.05) is 0 Å². The predicted octanol–water partition coefficient (Wildman–Crippen LogP) is 6.27. The summed E-state index contributed by atoms with van der Waals surface area (Å²) in [5.74, 6) is -0.445. The monoisotopic (exact) mass is 403 g/mol. The first kappa shape index (κ1) is 19.4. The molecule has 1 aliphatic rings. The van der Waals surface area contributed by atoms with E-state index in [4.69, 9.17) is 16.4 Å². The van der Waals surface area contributed by atoms with Gasteiger partial charge in [-0.25, -0.2) is 4.79 Å². The summed E-state index contributed by atoms with van der Waals surface area (Å²) in [6, 6.07) is 20.3. The van der Waals surface area contributed by atoms with Crippen LogP contribution in [0.4, 0.5) is 0 Å². The Bertz CT molecular complexity index is 1160. The van der Waals surface area contributed by atoms with Gasteiger partial charge in [-0.15, -0.1) is 0 Å². The fraction of sp³-hybridized carbons (Fsp3) is 0.200. The van der Waals surface area contributed by atoms with Crippen LogP contribution in [0.25, 0.3) is 11.1 Å². The second-order valence-electron chi connectivity index (χ2n) is 7.91. The standard InChI is InChI=1S/C25H22ClNO2/c1-15-7-5-6-8-19(15)24(27-29-16(2)28)17-9-11-20-21-12-10-18(26)14-23(21)25(3,4)22(20)13-17/h5-14H,1-4H3. The molecule has 0 amide bonds. The zero-order valence-corrected chi connectivity index (χ0v) is 17.7. The molecule has 146 valence electrons. The molecule has 0 atom stereocenters. The van der Waals surface area contributed by atoms with Gasteiger partial charge in [0.1, 0.15) is 5.71 Å². The highest BCUT2D eigenvalue weighted by atomic mass is 35.5. The molecule has 1 aliphatic carbocycles. The molecule has 0 heterocycles. The van der Waals surface area contributed by atoms with E-state index in [2.05, 4.69) is 37.2 Å². The van der Waals surface area contributed by atoms with Gasteiger partial charge in [-0.3, -0.25) is 0 Å². The summed E-state index contributed by atoms with van der Waals surface area (Å²) in [5.41, 5.74) is 8.18. The van der Waals surface area contributed by atoms with Gasteiger partial charge in [-0.1, -0.05) is 73.1 Å². The fourth-order valence-electron chi connectivity index (χ4n) is 4.06. The van der Waals surface area contributed by atoms with Crippen LogP contribution in [0.1, 0.15) is 48.6 Å². The van der Waals surface area contributed by atoms with Crippen molar-refractivity contribution in [3.63, 3.8) is 0 Å². The van der Waals surface area contributed by atoms with E-state index in [0.717, 1.165) is 21.7 Å². The third-order valence-electron chi connectivity index (χ3n) is 5.58. The number of fused-ring (bicyclic) bond motifs is 3. The summed E-state index contributed by atoms with van der Waals surface area (Å²) < 4.78 is 0. The molecule has 0 N–H and O–H groups in total. The lowest BCUT2D eigenvalue weighted by atomic mass is 9.81. The van der Waals surface area contributed by atoms with Crippen LogP contribution in [0, 0.1) is 6.92 Å². The van der Waals surface area contributed by atoms with Crippen molar-refractivity contribution < 1.29 is 9.63 Å². The third kappa shape index (κ3) is 3.36. The van der Waals surface area contributed by atoms with E-state index in [1.807, 2.05) is 49.4 Å². The number of hydrogen-bond acceptors (Lipinski definition) is 3. The highest BCUT2D eigenvalue weighted by Crippen LogP contribution is 2.49. The van der Waals surface area contributed by atoms with Crippen molar-refractivity contribution in [2.24, 2.45) is 5.16 Å². The summed E-state index contributed by atoms with van der Waals surface area (Å²) in [5, 5.41) is 4.94. The van der Waals surface area contributed by atoms with Gasteiger partial charge in [0.2, 0.25) is 0 Å². The highest BCUT2D eigenvalue weighted by molar-refractivity contribution is 6.30. The molecule has 0 radical (unpaired) electrons. The molecule has 3 aromatic carbocycles. The quantitative estimate of drug-likeness (QED) is 0.293. The van der Waals surface area contributed by atoms with Gasteiger partial charge in [-0.05, 0) is 52.9 Å². The highest BCUT2D eigenvalue weighted by Gasteiger charge is 2.36. The van der Waals surface area contributed by atoms with E-state index in [1.54, 1.807) is 0 Å². The first-order valence-electron chi connectivity index (χ1n) is 9.56. The number of rotatable bonds is 3. The fourth-order valence-corrected chi connectivity index (χ4v) is 4.24. The molecular weight excluding hydrogens is 382 g/mol.